The van der Waals surface area contributed by atoms with Crippen molar-refractivity contribution in [1.82, 2.24) is 20.3 Å². The lowest BCUT2D eigenvalue weighted by Gasteiger charge is -2.33. The highest BCUT2D eigenvalue weighted by Gasteiger charge is 2.33. The van der Waals surface area contributed by atoms with Crippen LogP contribution in [-0.4, -0.2) is 32.5 Å². The maximum Gasteiger partial charge on any atom is 0.230 e. The van der Waals surface area contributed by atoms with Gasteiger partial charge in [-0.1, -0.05) is 5.16 Å². The molecular weight excluding hydrogens is 256 g/mol. The van der Waals surface area contributed by atoms with E-state index < -0.39 is 0 Å². The van der Waals surface area contributed by atoms with Gasteiger partial charge in [-0.3, -0.25) is 0 Å². The van der Waals surface area contributed by atoms with Gasteiger partial charge in [0.15, 0.2) is 0 Å². The number of hydrogen-bond acceptors (Lipinski definition) is 6. The molecule has 0 N–H and O–H groups in total. The Hall–Kier alpha value is -1.82. The van der Waals surface area contributed by atoms with Crippen LogP contribution in [0.25, 0.3) is 11.5 Å². The normalized spacial score (nSPS) is 21.9. The quantitative estimate of drug-likeness (QED) is 0.837. The summed E-state index contributed by atoms with van der Waals surface area (Å²) in [5.41, 5.74) is 1.36. The van der Waals surface area contributed by atoms with E-state index in [9.17, 15) is 0 Å². The summed E-state index contributed by atoms with van der Waals surface area (Å²) in [7, 11) is 0. The Kier molecular flexibility index (Phi) is 3.25. The van der Waals surface area contributed by atoms with Gasteiger partial charge >= 0.3 is 0 Å². The molecule has 0 spiro atoms. The molecule has 20 heavy (non-hydrogen) atoms. The molecule has 1 aliphatic rings. The molecule has 6 nitrogen and oxygen atoms in total. The highest BCUT2D eigenvalue weighted by molar-refractivity contribution is 5.46. The summed E-state index contributed by atoms with van der Waals surface area (Å²) in [6.45, 7) is 6.78. The van der Waals surface area contributed by atoms with Crippen molar-refractivity contribution >= 4 is 0 Å². The predicted octanol–water partition coefficient (Wildman–Crippen LogP) is 2.51. The minimum Gasteiger partial charge on any atom is -0.376 e. The molecule has 2 aromatic rings. The zero-order chi connectivity index (χ0) is 14.2. The lowest BCUT2D eigenvalue weighted by molar-refractivity contribution is -0.0627. The zero-order valence-electron chi connectivity index (χ0n) is 12.0. The van der Waals surface area contributed by atoms with Gasteiger partial charge < -0.3 is 9.26 Å². The Morgan fingerprint density at radius 1 is 1.25 bits per heavy atom. The van der Waals surface area contributed by atoms with E-state index >= 15 is 0 Å². The first-order valence-electron chi connectivity index (χ1n) is 6.82. The van der Waals surface area contributed by atoms with Crippen molar-refractivity contribution in [2.45, 2.75) is 45.1 Å². The fourth-order valence-electron chi connectivity index (χ4n) is 2.47. The predicted molar refractivity (Wildman–Crippen MR) is 72.1 cm³/mol. The monoisotopic (exact) mass is 274 g/mol. The van der Waals surface area contributed by atoms with Gasteiger partial charge in [-0.25, -0.2) is 0 Å². The van der Waals surface area contributed by atoms with Crippen LogP contribution in [0.3, 0.4) is 0 Å². The first kappa shape index (κ1) is 13.2. The maximum atomic E-state index is 5.71. The van der Waals surface area contributed by atoms with E-state index in [0.29, 0.717) is 17.4 Å². The first-order chi connectivity index (χ1) is 9.53. The van der Waals surface area contributed by atoms with E-state index in [1.807, 2.05) is 19.1 Å². The molecule has 0 aromatic carbocycles. The van der Waals surface area contributed by atoms with E-state index in [1.54, 1.807) is 0 Å². The lowest BCUT2D eigenvalue weighted by atomic mass is 9.88. The topological polar surface area (TPSA) is 73.9 Å². The molecule has 0 saturated carbocycles. The number of ether oxygens (including phenoxy) is 1. The molecule has 1 aliphatic heterocycles. The Morgan fingerprint density at radius 2 is 2.10 bits per heavy atom. The summed E-state index contributed by atoms with van der Waals surface area (Å²) in [6.07, 6.45) is 1.79. The van der Waals surface area contributed by atoms with Crippen molar-refractivity contribution in [2.24, 2.45) is 0 Å². The molecule has 0 aliphatic carbocycles. The number of hydrogen-bond donors (Lipinski definition) is 0. The number of aryl methyl sites for hydroxylation is 1. The molecule has 2 aromatic heterocycles. The fraction of sp³-hybridized carbons (Fsp3) is 0.571. The average molecular weight is 274 g/mol. The molecule has 1 atom stereocenters. The van der Waals surface area contributed by atoms with Crippen molar-refractivity contribution < 1.29 is 9.26 Å². The molecule has 0 amide bonds. The highest BCUT2D eigenvalue weighted by atomic mass is 16.5. The second-order valence-electron chi connectivity index (χ2n) is 5.81. The van der Waals surface area contributed by atoms with Crippen LogP contribution in [0.2, 0.25) is 0 Å². The lowest BCUT2D eigenvalue weighted by Crippen LogP contribution is -2.33. The smallest absolute Gasteiger partial charge is 0.230 e. The average Bonchev–Trinajstić information content (AvgIpc) is 2.88. The van der Waals surface area contributed by atoms with Crippen LogP contribution < -0.4 is 0 Å². The Balaban J connectivity index is 1.81. The van der Waals surface area contributed by atoms with E-state index in [1.165, 1.54) is 0 Å². The number of nitrogens with zero attached hydrogens (tertiary/aromatic N) is 4. The maximum absolute atomic E-state index is 5.71. The van der Waals surface area contributed by atoms with Crippen LogP contribution >= 0.6 is 0 Å². The van der Waals surface area contributed by atoms with Gasteiger partial charge in [-0.15, -0.1) is 5.10 Å². The van der Waals surface area contributed by atoms with Crippen LogP contribution in [0.4, 0.5) is 0 Å². The third-order valence-electron chi connectivity index (χ3n) is 3.52. The Labute approximate surface area is 117 Å². The molecule has 3 rings (SSSR count). The van der Waals surface area contributed by atoms with Crippen molar-refractivity contribution in [2.75, 3.05) is 6.61 Å². The van der Waals surface area contributed by atoms with E-state index in [2.05, 4.69) is 34.2 Å². The molecular formula is C14H18N4O2. The molecule has 1 fully saturated rings. The molecule has 0 bridgehead atoms. The van der Waals surface area contributed by atoms with Crippen molar-refractivity contribution in [1.29, 1.82) is 0 Å². The van der Waals surface area contributed by atoms with Crippen LogP contribution in [-0.2, 0) is 4.74 Å². The molecule has 0 unspecified atom stereocenters. The van der Waals surface area contributed by atoms with Gasteiger partial charge in [-0.2, -0.15) is 10.1 Å². The van der Waals surface area contributed by atoms with Crippen molar-refractivity contribution in [3.63, 3.8) is 0 Å². The van der Waals surface area contributed by atoms with Gasteiger partial charge in [0.05, 0.1) is 11.3 Å². The Bertz CT molecular complexity index is 591. The van der Waals surface area contributed by atoms with Crippen LogP contribution in [0.15, 0.2) is 16.7 Å². The van der Waals surface area contributed by atoms with Gasteiger partial charge in [-0.05, 0) is 45.7 Å². The molecule has 1 saturated heterocycles. The largest absolute Gasteiger partial charge is 0.376 e. The molecule has 0 radical (unpaired) electrons. The van der Waals surface area contributed by atoms with E-state index in [0.717, 1.165) is 25.1 Å². The van der Waals surface area contributed by atoms with Gasteiger partial charge in [0.1, 0.15) is 5.69 Å². The van der Waals surface area contributed by atoms with Gasteiger partial charge in [0, 0.05) is 12.5 Å². The van der Waals surface area contributed by atoms with Gasteiger partial charge in [0.25, 0.3) is 0 Å². The van der Waals surface area contributed by atoms with Gasteiger partial charge in [0.2, 0.25) is 11.7 Å². The minimum atomic E-state index is -0.138. The summed E-state index contributed by atoms with van der Waals surface area (Å²) >= 11 is 0. The number of rotatable bonds is 2. The summed E-state index contributed by atoms with van der Waals surface area (Å²) < 4.78 is 11.1. The summed E-state index contributed by atoms with van der Waals surface area (Å²) in [4.78, 5) is 4.46. The summed E-state index contributed by atoms with van der Waals surface area (Å²) in [5, 5.41) is 12.1. The highest BCUT2D eigenvalue weighted by Crippen LogP contribution is 2.35. The van der Waals surface area contributed by atoms with E-state index in [-0.39, 0.29) is 11.5 Å². The zero-order valence-corrected chi connectivity index (χ0v) is 12.0. The van der Waals surface area contributed by atoms with Crippen LogP contribution in [0.1, 0.15) is 44.2 Å². The van der Waals surface area contributed by atoms with Crippen molar-refractivity contribution in [3.8, 4) is 11.5 Å². The summed E-state index contributed by atoms with van der Waals surface area (Å²) in [5.74, 6) is 1.41. The SMILES string of the molecule is Cc1ccc(-c2noc([C@@H]3CCOC(C)(C)C3)n2)nn1. The molecule has 106 valence electrons. The molecule has 3 heterocycles. The third kappa shape index (κ3) is 2.70. The van der Waals surface area contributed by atoms with Crippen molar-refractivity contribution in [3.05, 3.63) is 23.7 Å². The van der Waals surface area contributed by atoms with Crippen LogP contribution in [0, 0.1) is 6.92 Å². The summed E-state index contributed by atoms with van der Waals surface area (Å²) in [6, 6.07) is 3.74. The van der Waals surface area contributed by atoms with E-state index in [4.69, 9.17) is 9.26 Å². The number of aromatic nitrogens is 4. The minimum absolute atomic E-state index is 0.138. The first-order valence-corrected chi connectivity index (χ1v) is 6.82. The standard InChI is InChI=1S/C14H18N4O2/c1-9-4-5-11(17-16-9)12-15-13(20-18-12)10-6-7-19-14(2,3)8-10/h4-5,10H,6-8H2,1-3H3/t10-/m1/s1. The fourth-order valence-corrected chi connectivity index (χ4v) is 2.47. The second kappa shape index (κ2) is 4.94. The Morgan fingerprint density at radius 3 is 2.80 bits per heavy atom. The molecule has 6 heteroatoms. The van der Waals surface area contributed by atoms with Crippen LogP contribution in [0.5, 0.6) is 0 Å². The second-order valence-corrected chi connectivity index (χ2v) is 5.81. The third-order valence-corrected chi connectivity index (χ3v) is 3.52.